The molecule has 0 atom stereocenters. The average Bonchev–Trinajstić information content (AvgIpc) is 3.13. The van der Waals surface area contributed by atoms with Gasteiger partial charge in [-0.2, -0.15) is 5.10 Å². The highest BCUT2D eigenvalue weighted by Gasteiger charge is 2.43. The van der Waals surface area contributed by atoms with Crippen molar-refractivity contribution in [3.05, 3.63) is 12.4 Å². The molecule has 6 heteroatoms. The number of nitrogens with one attached hydrogen (secondary N) is 2. The second-order valence-corrected chi connectivity index (χ2v) is 5.55. The second kappa shape index (κ2) is 5.03. The van der Waals surface area contributed by atoms with Crippen molar-refractivity contribution in [3.8, 4) is 0 Å². The van der Waals surface area contributed by atoms with Gasteiger partial charge in [-0.15, -0.1) is 0 Å². The van der Waals surface area contributed by atoms with Crippen LogP contribution in [-0.4, -0.2) is 28.6 Å². The molecule has 0 aromatic carbocycles. The van der Waals surface area contributed by atoms with E-state index in [0.29, 0.717) is 11.6 Å². The maximum absolute atomic E-state index is 12.2. The Morgan fingerprint density at radius 1 is 1.47 bits per heavy atom. The molecule has 0 radical (unpaired) electrons. The van der Waals surface area contributed by atoms with Crippen molar-refractivity contribution in [3.63, 3.8) is 0 Å². The van der Waals surface area contributed by atoms with E-state index in [1.54, 1.807) is 19.4 Å². The maximum atomic E-state index is 12.2. The van der Waals surface area contributed by atoms with E-state index in [1.165, 1.54) is 4.68 Å². The number of nitrogens with zero attached hydrogens (tertiary/aromatic N) is 2. The molecule has 19 heavy (non-hydrogen) atoms. The van der Waals surface area contributed by atoms with Gasteiger partial charge in [-0.05, 0) is 18.8 Å². The van der Waals surface area contributed by atoms with Gasteiger partial charge < -0.3 is 10.6 Å². The molecule has 0 saturated heterocycles. The number of hydrogen-bond donors (Lipinski definition) is 2. The predicted molar refractivity (Wildman–Crippen MR) is 71.4 cm³/mol. The van der Waals surface area contributed by atoms with Gasteiger partial charge in [0.1, 0.15) is 6.54 Å². The Hall–Kier alpha value is -1.85. The lowest BCUT2D eigenvalue weighted by molar-refractivity contribution is -0.125. The van der Waals surface area contributed by atoms with Crippen LogP contribution in [0.4, 0.5) is 5.69 Å². The molecule has 1 aromatic heterocycles. The van der Waals surface area contributed by atoms with E-state index >= 15 is 0 Å². The summed E-state index contributed by atoms with van der Waals surface area (Å²) in [5, 5.41) is 9.43. The third-order valence-corrected chi connectivity index (χ3v) is 3.66. The Balaban J connectivity index is 1.96. The normalized spacial score (nSPS) is 15.1. The highest BCUT2D eigenvalue weighted by molar-refractivity contribution is 5.95. The van der Waals surface area contributed by atoms with Crippen LogP contribution in [0.25, 0.3) is 0 Å². The van der Waals surface area contributed by atoms with E-state index in [0.717, 1.165) is 12.8 Å². The molecule has 104 valence electrons. The first-order valence-electron chi connectivity index (χ1n) is 6.48. The summed E-state index contributed by atoms with van der Waals surface area (Å²) in [5.41, 5.74) is 0.283. The van der Waals surface area contributed by atoms with Crippen molar-refractivity contribution < 1.29 is 9.59 Å². The first-order valence-corrected chi connectivity index (χ1v) is 6.48. The lowest BCUT2D eigenvalue weighted by Gasteiger charge is -2.22. The highest BCUT2D eigenvalue weighted by atomic mass is 16.2. The number of carbonyl (C=O) groups excluding carboxylic acids is 2. The number of carbonyl (C=O) groups is 2. The number of hydrogen-bond acceptors (Lipinski definition) is 3. The van der Waals surface area contributed by atoms with Crippen LogP contribution in [-0.2, 0) is 16.1 Å². The molecule has 1 aliphatic carbocycles. The van der Waals surface area contributed by atoms with Crippen molar-refractivity contribution in [2.45, 2.75) is 33.2 Å². The Kier molecular flexibility index (Phi) is 3.59. The number of anilines is 1. The predicted octanol–water partition coefficient (Wildman–Crippen LogP) is 1.00. The molecule has 1 saturated carbocycles. The summed E-state index contributed by atoms with van der Waals surface area (Å²) in [7, 11) is 1.58. The monoisotopic (exact) mass is 264 g/mol. The molecule has 2 amide bonds. The van der Waals surface area contributed by atoms with Crippen LogP contribution in [0.1, 0.15) is 26.7 Å². The highest BCUT2D eigenvalue weighted by Crippen LogP contribution is 2.45. The van der Waals surface area contributed by atoms with Gasteiger partial charge in [0.15, 0.2) is 0 Å². The molecule has 1 aromatic rings. The summed E-state index contributed by atoms with van der Waals surface area (Å²) >= 11 is 0. The van der Waals surface area contributed by atoms with E-state index in [4.69, 9.17) is 0 Å². The minimum atomic E-state index is -0.344. The fourth-order valence-corrected chi connectivity index (χ4v) is 2.02. The van der Waals surface area contributed by atoms with Gasteiger partial charge >= 0.3 is 0 Å². The lowest BCUT2D eigenvalue weighted by Crippen LogP contribution is -2.32. The van der Waals surface area contributed by atoms with Gasteiger partial charge in [0.05, 0.1) is 11.9 Å². The molecule has 6 nitrogen and oxygen atoms in total. The first-order chi connectivity index (χ1) is 8.93. The molecular weight excluding hydrogens is 244 g/mol. The summed E-state index contributed by atoms with van der Waals surface area (Å²) in [6, 6.07) is 0. The molecular formula is C13H20N4O2. The topological polar surface area (TPSA) is 76.0 Å². The van der Waals surface area contributed by atoms with E-state index in [2.05, 4.69) is 15.7 Å². The van der Waals surface area contributed by atoms with Gasteiger partial charge in [-0.1, -0.05) is 13.8 Å². The zero-order chi connectivity index (χ0) is 14.0. The van der Waals surface area contributed by atoms with Crippen molar-refractivity contribution in [2.24, 2.45) is 11.3 Å². The minimum Gasteiger partial charge on any atom is -0.358 e. The SMILES string of the molecule is CNC(=O)Cn1cc(NC(=O)C(C)(C)C2CC2)cn1. The fourth-order valence-electron chi connectivity index (χ4n) is 2.02. The van der Waals surface area contributed by atoms with Crippen LogP contribution in [0, 0.1) is 11.3 Å². The van der Waals surface area contributed by atoms with Crippen LogP contribution in [0.5, 0.6) is 0 Å². The number of amides is 2. The van der Waals surface area contributed by atoms with Crippen LogP contribution in [0.15, 0.2) is 12.4 Å². The number of likely N-dealkylation sites (N-methyl/N-ethyl adjacent to an activating group) is 1. The third-order valence-electron chi connectivity index (χ3n) is 3.66. The Bertz CT molecular complexity index is 489. The molecule has 0 bridgehead atoms. The van der Waals surface area contributed by atoms with Crippen LogP contribution in [0.2, 0.25) is 0 Å². The fraction of sp³-hybridized carbons (Fsp3) is 0.615. The summed E-state index contributed by atoms with van der Waals surface area (Å²) in [6.45, 7) is 4.09. The molecule has 1 fully saturated rings. The zero-order valence-corrected chi connectivity index (χ0v) is 11.6. The second-order valence-electron chi connectivity index (χ2n) is 5.55. The van der Waals surface area contributed by atoms with Crippen LogP contribution < -0.4 is 10.6 Å². The zero-order valence-electron chi connectivity index (χ0n) is 11.6. The van der Waals surface area contributed by atoms with E-state index in [-0.39, 0.29) is 23.8 Å². The minimum absolute atomic E-state index is 0.00879. The maximum Gasteiger partial charge on any atom is 0.241 e. The van der Waals surface area contributed by atoms with Gasteiger partial charge in [-0.3, -0.25) is 14.3 Å². The molecule has 0 spiro atoms. The average molecular weight is 264 g/mol. The van der Waals surface area contributed by atoms with Gasteiger partial charge in [0.25, 0.3) is 0 Å². The van der Waals surface area contributed by atoms with Crippen molar-refractivity contribution in [1.29, 1.82) is 0 Å². The van der Waals surface area contributed by atoms with Crippen molar-refractivity contribution >= 4 is 17.5 Å². The number of rotatable bonds is 5. The van der Waals surface area contributed by atoms with Gasteiger partial charge in [-0.25, -0.2) is 0 Å². The smallest absolute Gasteiger partial charge is 0.241 e. The molecule has 2 N–H and O–H groups in total. The summed E-state index contributed by atoms with van der Waals surface area (Å²) in [5.74, 6) is 0.363. The van der Waals surface area contributed by atoms with Gasteiger partial charge in [0.2, 0.25) is 11.8 Å². The largest absolute Gasteiger partial charge is 0.358 e. The Labute approximate surface area is 112 Å². The van der Waals surface area contributed by atoms with E-state index in [9.17, 15) is 9.59 Å². The summed E-state index contributed by atoms with van der Waals surface area (Å²) in [6.07, 6.45) is 5.46. The van der Waals surface area contributed by atoms with Crippen molar-refractivity contribution in [2.75, 3.05) is 12.4 Å². The van der Waals surface area contributed by atoms with Crippen molar-refractivity contribution in [1.82, 2.24) is 15.1 Å². The standard InChI is InChI=1S/C13H20N4O2/c1-13(2,9-4-5-9)12(19)16-10-6-15-17(7-10)8-11(18)14-3/h6-7,9H,4-5,8H2,1-3H3,(H,14,18)(H,16,19). The quantitative estimate of drug-likeness (QED) is 0.833. The Morgan fingerprint density at radius 2 is 2.16 bits per heavy atom. The summed E-state index contributed by atoms with van der Waals surface area (Å²) < 4.78 is 1.50. The van der Waals surface area contributed by atoms with E-state index in [1.807, 2.05) is 13.8 Å². The Morgan fingerprint density at radius 3 is 2.74 bits per heavy atom. The van der Waals surface area contributed by atoms with Crippen LogP contribution in [0.3, 0.4) is 0 Å². The number of aromatic nitrogens is 2. The molecule has 2 rings (SSSR count). The van der Waals surface area contributed by atoms with E-state index < -0.39 is 0 Å². The molecule has 1 heterocycles. The lowest BCUT2D eigenvalue weighted by atomic mass is 9.86. The summed E-state index contributed by atoms with van der Waals surface area (Å²) in [4.78, 5) is 23.4. The first kappa shape index (κ1) is 13.6. The molecule has 0 aliphatic heterocycles. The molecule has 1 aliphatic rings. The molecule has 0 unspecified atom stereocenters. The van der Waals surface area contributed by atoms with Crippen LogP contribution >= 0.6 is 0 Å². The third kappa shape index (κ3) is 3.13. The van der Waals surface area contributed by atoms with Gasteiger partial charge in [0, 0.05) is 18.7 Å².